The highest BCUT2D eigenvalue weighted by Crippen LogP contribution is 1.96. The Labute approximate surface area is 46.5 Å². The fourth-order valence-corrected chi connectivity index (χ4v) is 0.354. The lowest BCUT2D eigenvalue weighted by molar-refractivity contribution is -0.114. The monoisotopic (exact) mass is 108 g/mol. The van der Waals surface area contributed by atoms with Crippen molar-refractivity contribution in [3.05, 3.63) is 12.3 Å². The van der Waals surface area contributed by atoms with Crippen LogP contribution in [0.25, 0.3) is 0 Å². The smallest absolute Gasteiger partial charge is 0.265 e. The largest absolute Gasteiger partial charge is 0.294 e. The highest BCUT2D eigenvalue weighted by Gasteiger charge is 2.02. The van der Waals surface area contributed by atoms with E-state index in [4.69, 9.17) is 0 Å². The first-order valence-corrected chi connectivity index (χ1v) is 2.10. The molecule has 1 rings (SSSR count). The van der Waals surface area contributed by atoms with Crippen LogP contribution < -0.4 is 0 Å². The third-order valence-electron chi connectivity index (χ3n) is 0.736. The molecule has 0 unspecified atom stereocenters. The molecule has 0 aromatic rings. The highest BCUT2D eigenvalue weighted by molar-refractivity contribution is 6.23. The molecule has 0 atom stereocenters. The summed E-state index contributed by atoms with van der Waals surface area (Å²) < 4.78 is 0. The van der Waals surface area contributed by atoms with Crippen molar-refractivity contribution in [2.75, 3.05) is 0 Å². The summed E-state index contributed by atoms with van der Waals surface area (Å²) in [5.41, 5.74) is 0.201. The average Bonchev–Trinajstić information content (AvgIpc) is 1.77. The van der Waals surface area contributed by atoms with Crippen LogP contribution in [0.3, 0.4) is 0 Å². The molecule has 0 saturated heterocycles. The molecule has 0 fully saturated rings. The van der Waals surface area contributed by atoms with Crippen molar-refractivity contribution in [2.24, 2.45) is 9.98 Å². The summed E-state index contributed by atoms with van der Waals surface area (Å²) in [5, 5.41) is 0. The van der Waals surface area contributed by atoms with Gasteiger partial charge in [0.05, 0.1) is 0 Å². The van der Waals surface area contributed by atoms with Gasteiger partial charge in [-0.3, -0.25) is 9.79 Å². The van der Waals surface area contributed by atoms with Crippen LogP contribution in [0.15, 0.2) is 22.3 Å². The minimum Gasteiger partial charge on any atom is -0.265 e. The molecule has 0 saturated carbocycles. The second kappa shape index (κ2) is 1.69. The van der Waals surface area contributed by atoms with Crippen LogP contribution in [0.2, 0.25) is 0 Å². The maximum Gasteiger partial charge on any atom is 0.294 e. The van der Waals surface area contributed by atoms with Gasteiger partial charge in [-0.15, -0.1) is 0 Å². The second-order valence-electron chi connectivity index (χ2n) is 1.31. The summed E-state index contributed by atoms with van der Waals surface area (Å²) in [7, 11) is 0. The first-order valence-electron chi connectivity index (χ1n) is 2.10. The van der Waals surface area contributed by atoms with Gasteiger partial charge in [0.15, 0.2) is 0 Å². The summed E-state index contributed by atoms with van der Waals surface area (Å²) in [4.78, 5) is 17.4. The molecule has 1 aliphatic rings. The van der Waals surface area contributed by atoms with Gasteiger partial charge < -0.3 is 0 Å². The highest BCUT2D eigenvalue weighted by atomic mass is 16.1. The molecule has 3 nitrogen and oxygen atoms in total. The molecule has 1 heterocycles. The average molecular weight is 108 g/mol. The van der Waals surface area contributed by atoms with Gasteiger partial charge in [-0.2, -0.15) is 0 Å². The van der Waals surface area contributed by atoms with Gasteiger partial charge in [0.25, 0.3) is 5.91 Å². The number of hydrogen-bond donors (Lipinski definition) is 0. The van der Waals surface area contributed by atoms with Gasteiger partial charge in [0.1, 0.15) is 5.70 Å². The van der Waals surface area contributed by atoms with Crippen LogP contribution >= 0.6 is 0 Å². The molecule has 8 heavy (non-hydrogen) atoms. The van der Waals surface area contributed by atoms with Gasteiger partial charge in [0, 0.05) is 12.4 Å². The molecule has 40 valence electrons. The minimum absolute atomic E-state index is 0.201. The van der Waals surface area contributed by atoms with E-state index in [0.717, 1.165) is 0 Å². The standard InChI is InChI=1S/C5H4N2O/c1-4-5(8)7-3-2-6-4/h2-3H,1H2. The number of aliphatic imine (C=N–C) groups is 2. The Kier molecular flexibility index (Phi) is 1.04. The molecular formula is C5H4N2O. The quantitative estimate of drug-likeness (QED) is 0.408. The zero-order chi connectivity index (χ0) is 5.98. The molecule has 0 aromatic heterocycles. The number of carbonyl (C=O) groups is 1. The maximum absolute atomic E-state index is 10.4. The van der Waals surface area contributed by atoms with E-state index in [1.165, 1.54) is 12.4 Å². The predicted octanol–water partition coefficient (Wildman–Crippen LogP) is 0.182. The summed E-state index contributed by atoms with van der Waals surface area (Å²) in [5.74, 6) is -0.354. The van der Waals surface area contributed by atoms with Crippen LogP contribution in [0.1, 0.15) is 0 Å². The molecule has 3 heteroatoms. The van der Waals surface area contributed by atoms with E-state index >= 15 is 0 Å². The molecule has 1 aliphatic heterocycles. The third-order valence-corrected chi connectivity index (χ3v) is 0.736. The van der Waals surface area contributed by atoms with E-state index in [2.05, 4.69) is 16.6 Å². The molecule has 0 aliphatic carbocycles. The van der Waals surface area contributed by atoms with Crippen molar-refractivity contribution in [1.82, 2.24) is 0 Å². The zero-order valence-corrected chi connectivity index (χ0v) is 4.16. The Morgan fingerprint density at radius 1 is 1.38 bits per heavy atom. The number of hydrogen-bond acceptors (Lipinski definition) is 2. The van der Waals surface area contributed by atoms with Crippen molar-refractivity contribution in [3.8, 4) is 0 Å². The Morgan fingerprint density at radius 3 is 2.38 bits per heavy atom. The van der Waals surface area contributed by atoms with Gasteiger partial charge in [-0.1, -0.05) is 6.58 Å². The van der Waals surface area contributed by atoms with Gasteiger partial charge in [-0.25, -0.2) is 4.99 Å². The summed E-state index contributed by atoms with van der Waals surface area (Å²) in [6.07, 6.45) is 2.78. The molecular weight excluding hydrogens is 104 g/mol. The number of nitrogens with zero attached hydrogens (tertiary/aromatic N) is 2. The van der Waals surface area contributed by atoms with Crippen LogP contribution in [0.5, 0.6) is 0 Å². The lowest BCUT2D eigenvalue weighted by Crippen LogP contribution is -2.00. The Balaban J connectivity index is 2.89. The normalized spacial score (nSPS) is 17.5. The lowest BCUT2D eigenvalue weighted by atomic mass is 10.4. The predicted molar refractivity (Wildman–Crippen MR) is 31.1 cm³/mol. The van der Waals surface area contributed by atoms with Crippen molar-refractivity contribution in [1.29, 1.82) is 0 Å². The van der Waals surface area contributed by atoms with E-state index in [-0.39, 0.29) is 11.6 Å². The Bertz CT molecular complexity index is 169. The Hall–Kier alpha value is -1.25. The van der Waals surface area contributed by atoms with E-state index in [0.29, 0.717) is 0 Å². The number of rotatable bonds is 0. The van der Waals surface area contributed by atoms with Crippen LogP contribution in [0, 0.1) is 0 Å². The zero-order valence-electron chi connectivity index (χ0n) is 4.16. The SMILES string of the molecule is C=C1N=CC=NC1=O. The van der Waals surface area contributed by atoms with Gasteiger partial charge in [-0.05, 0) is 0 Å². The molecule has 0 aromatic carbocycles. The van der Waals surface area contributed by atoms with Crippen LogP contribution in [-0.2, 0) is 4.79 Å². The Morgan fingerprint density at radius 2 is 2.00 bits per heavy atom. The van der Waals surface area contributed by atoms with Gasteiger partial charge in [0.2, 0.25) is 0 Å². The molecule has 0 radical (unpaired) electrons. The first kappa shape index (κ1) is 4.90. The molecule has 0 N–H and O–H groups in total. The van der Waals surface area contributed by atoms with Gasteiger partial charge >= 0.3 is 0 Å². The molecule has 0 spiro atoms. The molecule has 0 bridgehead atoms. The topological polar surface area (TPSA) is 41.8 Å². The third kappa shape index (κ3) is 0.703. The molecule has 1 amide bonds. The van der Waals surface area contributed by atoms with Crippen LogP contribution in [0.4, 0.5) is 0 Å². The van der Waals surface area contributed by atoms with E-state index < -0.39 is 0 Å². The fourth-order valence-electron chi connectivity index (χ4n) is 0.354. The van der Waals surface area contributed by atoms with E-state index in [1.54, 1.807) is 0 Å². The number of amides is 1. The van der Waals surface area contributed by atoms with Crippen molar-refractivity contribution < 1.29 is 4.79 Å². The lowest BCUT2D eigenvalue weighted by Gasteiger charge is -1.93. The number of carbonyl (C=O) groups excluding carboxylic acids is 1. The first-order chi connectivity index (χ1) is 3.80. The van der Waals surface area contributed by atoms with E-state index in [1.807, 2.05) is 0 Å². The van der Waals surface area contributed by atoms with Crippen molar-refractivity contribution in [3.63, 3.8) is 0 Å². The summed E-state index contributed by atoms with van der Waals surface area (Å²) in [6, 6.07) is 0. The second-order valence-corrected chi connectivity index (χ2v) is 1.31. The maximum atomic E-state index is 10.4. The summed E-state index contributed by atoms with van der Waals surface area (Å²) >= 11 is 0. The van der Waals surface area contributed by atoms with E-state index in [9.17, 15) is 4.79 Å². The van der Waals surface area contributed by atoms with Crippen molar-refractivity contribution >= 4 is 18.3 Å². The van der Waals surface area contributed by atoms with Crippen molar-refractivity contribution in [2.45, 2.75) is 0 Å². The fraction of sp³-hybridized carbons (Fsp3) is 0. The van der Waals surface area contributed by atoms with Crippen LogP contribution in [-0.4, -0.2) is 18.3 Å². The summed E-state index contributed by atoms with van der Waals surface area (Å²) in [6.45, 7) is 3.33. The minimum atomic E-state index is -0.354.